The number of hydrogen-bond donors (Lipinski definition) is 1. The maximum atomic E-state index is 6.03. The highest BCUT2D eigenvalue weighted by atomic mass is 32.2. The molecule has 0 fully saturated rings. The Kier molecular flexibility index (Phi) is 2.41. The van der Waals surface area contributed by atoms with Gasteiger partial charge in [0.25, 0.3) is 0 Å². The Labute approximate surface area is 115 Å². The molecule has 1 aromatic carbocycles. The van der Waals surface area contributed by atoms with E-state index in [-0.39, 0.29) is 0 Å². The van der Waals surface area contributed by atoms with E-state index in [0.29, 0.717) is 5.82 Å². The minimum Gasteiger partial charge on any atom is -0.493 e. The molecule has 0 amide bonds. The fourth-order valence-electron chi connectivity index (χ4n) is 2.53. The number of nitrogens with two attached hydrogens (primary N) is 1. The number of nitrogen functional groups attached to an aromatic ring is 1. The maximum absolute atomic E-state index is 6.03. The molecule has 0 bridgehead atoms. The van der Waals surface area contributed by atoms with Crippen molar-refractivity contribution < 1.29 is 4.74 Å². The smallest absolute Gasteiger partial charge is 0.161 e. The van der Waals surface area contributed by atoms with E-state index >= 15 is 0 Å². The molecule has 1 aromatic heterocycles. The highest BCUT2D eigenvalue weighted by Gasteiger charge is 2.20. The minimum absolute atomic E-state index is 0.627. The second kappa shape index (κ2) is 4.13. The molecule has 0 radical (unpaired) electrons. The third-order valence-corrected chi connectivity index (χ3v) is 4.53. The quantitative estimate of drug-likeness (QED) is 0.863. The second-order valence-corrected chi connectivity index (χ2v) is 5.76. The van der Waals surface area contributed by atoms with Crippen LogP contribution in [0.4, 0.5) is 5.82 Å². The Hall–Kier alpha value is -1.75. The summed E-state index contributed by atoms with van der Waals surface area (Å²) >= 11 is 1.84. The molecule has 0 saturated carbocycles. The van der Waals surface area contributed by atoms with Crippen LogP contribution in [-0.4, -0.2) is 16.6 Å². The number of aromatic nitrogens is 2. The van der Waals surface area contributed by atoms with Gasteiger partial charge in [0.2, 0.25) is 0 Å². The van der Waals surface area contributed by atoms with Crippen LogP contribution in [0.15, 0.2) is 18.2 Å². The molecular weight excluding hydrogens is 258 g/mol. The number of rotatable bonds is 1. The third kappa shape index (κ3) is 1.76. The minimum atomic E-state index is 0.627. The predicted molar refractivity (Wildman–Crippen MR) is 76.1 cm³/mol. The van der Waals surface area contributed by atoms with Gasteiger partial charge in [-0.2, -0.15) is 11.8 Å². The number of anilines is 1. The van der Waals surface area contributed by atoms with Crippen molar-refractivity contribution in [3.05, 3.63) is 35.0 Å². The molecule has 2 aliphatic heterocycles. The summed E-state index contributed by atoms with van der Waals surface area (Å²) in [6.07, 6.45) is 0.958. The van der Waals surface area contributed by atoms with E-state index in [0.717, 1.165) is 52.9 Å². The molecule has 0 saturated heterocycles. The maximum Gasteiger partial charge on any atom is 0.161 e. The van der Waals surface area contributed by atoms with E-state index in [1.165, 1.54) is 5.56 Å². The molecular formula is C14H13N3OS. The first-order chi connectivity index (χ1) is 9.31. The van der Waals surface area contributed by atoms with Crippen LogP contribution in [0, 0.1) is 0 Å². The van der Waals surface area contributed by atoms with Crippen molar-refractivity contribution in [2.24, 2.45) is 0 Å². The first-order valence-electron chi connectivity index (χ1n) is 6.30. The highest BCUT2D eigenvalue weighted by molar-refractivity contribution is 7.98. The highest BCUT2D eigenvalue weighted by Crippen LogP contribution is 2.34. The number of thioether (sulfide) groups is 1. The van der Waals surface area contributed by atoms with Gasteiger partial charge in [-0.25, -0.2) is 9.97 Å². The molecule has 19 heavy (non-hydrogen) atoms. The number of benzene rings is 1. The van der Waals surface area contributed by atoms with E-state index in [2.05, 4.69) is 16.0 Å². The zero-order chi connectivity index (χ0) is 12.8. The Morgan fingerprint density at radius 1 is 1.21 bits per heavy atom. The van der Waals surface area contributed by atoms with Crippen molar-refractivity contribution in [3.8, 4) is 17.1 Å². The lowest BCUT2D eigenvalue weighted by atomic mass is 10.1. The van der Waals surface area contributed by atoms with Crippen molar-refractivity contribution in [1.82, 2.24) is 9.97 Å². The van der Waals surface area contributed by atoms with Crippen molar-refractivity contribution >= 4 is 17.6 Å². The molecule has 0 aliphatic carbocycles. The van der Waals surface area contributed by atoms with Crippen LogP contribution in [0.25, 0.3) is 11.4 Å². The van der Waals surface area contributed by atoms with Gasteiger partial charge in [0.05, 0.1) is 12.3 Å². The van der Waals surface area contributed by atoms with Crippen LogP contribution in [-0.2, 0) is 17.9 Å². The van der Waals surface area contributed by atoms with Crippen LogP contribution in [0.1, 0.15) is 16.8 Å². The van der Waals surface area contributed by atoms with Crippen molar-refractivity contribution in [2.75, 3.05) is 12.3 Å². The van der Waals surface area contributed by atoms with Gasteiger partial charge in [0.15, 0.2) is 5.82 Å². The standard InChI is InChI=1S/C14H13N3OS/c15-13-10-6-19-7-11(10)16-14(17-13)9-1-2-12-8(5-9)3-4-18-12/h1-2,5H,3-4,6-7H2,(H2,15,16,17). The first kappa shape index (κ1) is 11.1. The fourth-order valence-corrected chi connectivity index (χ4v) is 3.58. The Morgan fingerprint density at radius 3 is 3.11 bits per heavy atom. The van der Waals surface area contributed by atoms with Crippen LogP contribution in [0.5, 0.6) is 5.75 Å². The summed E-state index contributed by atoms with van der Waals surface area (Å²) in [7, 11) is 0. The topological polar surface area (TPSA) is 61.0 Å². The zero-order valence-corrected chi connectivity index (χ0v) is 11.2. The fraction of sp³-hybridized carbons (Fsp3) is 0.286. The molecule has 4 rings (SSSR count). The van der Waals surface area contributed by atoms with Gasteiger partial charge < -0.3 is 10.5 Å². The summed E-state index contributed by atoms with van der Waals surface area (Å²) in [6.45, 7) is 0.766. The number of fused-ring (bicyclic) bond motifs is 2. The predicted octanol–water partition coefficient (Wildman–Crippen LogP) is 2.41. The lowest BCUT2D eigenvalue weighted by molar-refractivity contribution is 0.357. The molecule has 0 spiro atoms. The van der Waals surface area contributed by atoms with Gasteiger partial charge >= 0.3 is 0 Å². The summed E-state index contributed by atoms with van der Waals surface area (Å²) < 4.78 is 5.52. The van der Waals surface area contributed by atoms with Gasteiger partial charge in [0, 0.05) is 29.1 Å². The molecule has 5 heteroatoms. The average molecular weight is 271 g/mol. The van der Waals surface area contributed by atoms with Gasteiger partial charge in [-0.15, -0.1) is 0 Å². The Bertz CT molecular complexity index is 672. The molecule has 3 heterocycles. The SMILES string of the molecule is Nc1nc(-c2ccc3c(c2)CCO3)nc2c1CSC2. The normalized spacial score (nSPS) is 16.0. The van der Waals surface area contributed by atoms with Gasteiger partial charge in [0.1, 0.15) is 11.6 Å². The Morgan fingerprint density at radius 2 is 2.16 bits per heavy atom. The third-order valence-electron chi connectivity index (χ3n) is 3.56. The molecule has 0 atom stereocenters. The van der Waals surface area contributed by atoms with E-state index in [1.54, 1.807) is 0 Å². The molecule has 2 aliphatic rings. The Balaban J connectivity index is 1.82. The lowest BCUT2D eigenvalue weighted by Gasteiger charge is -2.07. The average Bonchev–Trinajstić information content (AvgIpc) is 3.06. The van der Waals surface area contributed by atoms with E-state index < -0.39 is 0 Å². The van der Waals surface area contributed by atoms with Crippen LogP contribution in [0.2, 0.25) is 0 Å². The van der Waals surface area contributed by atoms with Crippen molar-refractivity contribution in [3.63, 3.8) is 0 Å². The van der Waals surface area contributed by atoms with E-state index in [4.69, 9.17) is 10.5 Å². The summed E-state index contributed by atoms with van der Waals surface area (Å²) in [5, 5.41) is 0. The number of hydrogen-bond acceptors (Lipinski definition) is 5. The van der Waals surface area contributed by atoms with Gasteiger partial charge in [-0.05, 0) is 23.8 Å². The molecule has 4 nitrogen and oxygen atoms in total. The largest absolute Gasteiger partial charge is 0.493 e. The van der Waals surface area contributed by atoms with Crippen molar-refractivity contribution in [2.45, 2.75) is 17.9 Å². The van der Waals surface area contributed by atoms with Crippen LogP contribution in [0.3, 0.4) is 0 Å². The monoisotopic (exact) mass is 271 g/mol. The second-order valence-electron chi connectivity index (χ2n) is 4.77. The summed E-state index contributed by atoms with van der Waals surface area (Å²) in [4.78, 5) is 9.11. The molecule has 0 unspecified atom stereocenters. The van der Waals surface area contributed by atoms with Crippen LogP contribution < -0.4 is 10.5 Å². The van der Waals surface area contributed by atoms with E-state index in [9.17, 15) is 0 Å². The zero-order valence-electron chi connectivity index (χ0n) is 10.3. The molecule has 2 N–H and O–H groups in total. The first-order valence-corrected chi connectivity index (χ1v) is 7.46. The summed E-state index contributed by atoms with van der Waals surface area (Å²) in [5.74, 6) is 4.20. The van der Waals surface area contributed by atoms with E-state index in [1.807, 2.05) is 23.9 Å². The van der Waals surface area contributed by atoms with Crippen molar-refractivity contribution in [1.29, 1.82) is 0 Å². The van der Waals surface area contributed by atoms with Gasteiger partial charge in [-0.3, -0.25) is 0 Å². The van der Waals surface area contributed by atoms with Gasteiger partial charge in [-0.1, -0.05) is 0 Å². The summed E-state index contributed by atoms with van der Waals surface area (Å²) in [5.41, 5.74) is 10.5. The molecule has 96 valence electrons. The lowest BCUT2D eigenvalue weighted by Crippen LogP contribution is -2.02. The summed E-state index contributed by atoms with van der Waals surface area (Å²) in [6, 6.07) is 6.12. The number of ether oxygens (including phenoxy) is 1. The van der Waals surface area contributed by atoms with Crippen LogP contribution >= 0.6 is 11.8 Å². The number of nitrogens with zero attached hydrogens (tertiary/aromatic N) is 2. The molecule has 2 aromatic rings.